The van der Waals surface area contributed by atoms with Crippen LogP contribution >= 0.6 is 0 Å². The van der Waals surface area contributed by atoms with E-state index in [4.69, 9.17) is 9.47 Å². The summed E-state index contributed by atoms with van der Waals surface area (Å²) < 4.78 is 23.5. The lowest BCUT2D eigenvalue weighted by atomic mass is 9.97. The molecule has 1 aliphatic heterocycles. The first-order chi connectivity index (χ1) is 11.6. The van der Waals surface area contributed by atoms with Crippen molar-refractivity contribution in [2.75, 3.05) is 13.3 Å². The van der Waals surface area contributed by atoms with Crippen molar-refractivity contribution in [3.63, 3.8) is 0 Å². The van der Waals surface area contributed by atoms with Gasteiger partial charge in [-0.2, -0.15) is 0 Å². The number of benzene rings is 2. The first-order valence-electron chi connectivity index (χ1n) is 8.02. The zero-order valence-corrected chi connectivity index (χ0v) is 13.5. The first-order valence-corrected chi connectivity index (χ1v) is 8.02. The maximum atomic E-state index is 12.9. The molecular formula is C19H20FNO3. The highest BCUT2D eigenvalue weighted by Gasteiger charge is 2.14. The maximum absolute atomic E-state index is 12.9. The number of carbonyl (C=O) groups is 1. The molecule has 0 radical (unpaired) electrons. The molecule has 0 spiro atoms. The van der Waals surface area contributed by atoms with E-state index in [-0.39, 0.29) is 24.4 Å². The number of halogens is 1. The van der Waals surface area contributed by atoms with Crippen molar-refractivity contribution in [2.24, 2.45) is 0 Å². The molecule has 1 atom stereocenters. The van der Waals surface area contributed by atoms with Gasteiger partial charge in [0.15, 0.2) is 11.5 Å². The number of hydrogen-bond donors (Lipinski definition) is 1. The SMILES string of the molecule is CC(CC(=O)NCCc1ccc2c(c1)OCO2)c1ccc(F)cc1. The number of ether oxygens (including phenoxy) is 2. The van der Waals surface area contributed by atoms with Gasteiger partial charge < -0.3 is 14.8 Å². The summed E-state index contributed by atoms with van der Waals surface area (Å²) in [6.45, 7) is 2.79. The van der Waals surface area contributed by atoms with Gasteiger partial charge in [0.2, 0.25) is 12.7 Å². The molecule has 5 heteroatoms. The summed E-state index contributed by atoms with van der Waals surface area (Å²) in [5, 5.41) is 2.93. The summed E-state index contributed by atoms with van der Waals surface area (Å²) in [6.07, 6.45) is 1.11. The van der Waals surface area contributed by atoms with Crippen molar-refractivity contribution in [3.05, 3.63) is 59.4 Å². The molecule has 1 aliphatic rings. The highest BCUT2D eigenvalue weighted by molar-refractivity contribution is 5.76. The second-order valence-electron chi connectivity index (χ2n) is 5.94. The molecule has 4 nitrogen and oxygen atoms in total. The Morgan fingerprint density at radius 2 is 1.92 bits per heavy atom. The highest BCUT2D eigenvalue weighted by atomic mass is 19.1. The molecule has 1 amide bonds. The Hall–Kier alpha value is -2.56. The van der Waals surface area contributed by atoms with Crippen LogP contribution < -0.4 is 14.8 Å². The van der Waals surface area contributed by atoms with E-state index in [0.717, 1.165) is 29.0 Å². The minimum absolute atomic E-state index is 0.00688. The molecule has 0 saturated carbocycles. The van der Waals surface area contributed by atoms with Crippen LogP contribution in [-0.4, -0.2) is 19.2 Å². The minimum atomic E-state index is -0.265. The molecule has 0 aliphatic carbocycles. The first kappa shape index (κ1) is 16.3. The van der Waals surface area contributed by atoms with E-state index in [2.05, 4.69) is 5.32 Å². The quantitative estimate of drug-likeness (QED) is 0.883. The van der Waals surface area contributed by atoms with Gasteiger partial charge in [-0.15, -0.1) is 0 Å². The fourth-order valence-corrected chi connectivity index (χ4v) is 2.70. The van der Waals surface area contributed by atoms with Crippen molar-refractivity contribution >= 4 is 5.91 Å². The van der Waals surface area contributed by atoms with Crippen LogP contribution in [0.3, 0.4) is 0 Å². The van der Waals surface area contributed by atoms with Crippen molar-refractivity contribution < 1.29 is 18.7 Å². The second-order valence-corrected chi connectivity index (χ2v) is 5.94. The summed E-state index contributed by atoms with van der Waals surface area (Å²) >= 11 is 0. The lowest BCUT2D eigenvalue weighted by Crippen LogP contribution is -2.26. The number of rotatable bonds is 6. The molecule has 2 aromatic rings. The van der Waals surface area contributed by atoms with Crippen LogP contribution in [0.4, 0.5) is 4.39 Å². The molecule has 24 heavy (non-hydrogen) atoms. The van der Waals surface area contributed by atoms with Crippen LogP contribution in [0.2, 0.25) is 0 Å². The van der Waals surface area contributed by atoms with E-state index in [1.165, 1.54) is 12.1 Å². The smallest absolute Gasteiger partial charge is 0.231 e. The summed E-state index contributed by atoms with van der Waals surface area (Å²) in [5.74, 6) is 1.29. The van der Waals surface area contributed by atoms with Gasteiger partial charge >= 0.3 is 0 Å². The number of carbonyl (C=O) groups excluding carboxylic acids is 1. The Kier molecular flexibility index (Phi) is 4.99. The van der Waals surface area contributed by atoms with Gasteiger partial charge in [-0.1, -0.05) is 25.1 Å². The van der Waals surface area contributed by atoms with Crippen LogP contribution in [0.15, 0.2) is 42.5 Å². The minimum Gasteiger partial charge on any atom is -0.454 e. The lowest BCUT2D eigenvalue weighted by Gasteiger charge is -2.12. The predicted octanol–water partition coefficient (Wildman–Crippen LogP) is 3.41. The Labute approximate surface area is 140 Å². The van der Waals surface area contributed by atoms with E-state index in [1.807, 2.05) is 25.1 Å². The molecule has 0 bridgehead atoms. The molecule has 2 aromatic carbocycles. The normalized spacial score (nSPS) is 13.6. The van der Waals surface area contributed by atoms with Gasteiger partial charge in [-0.05, 0) is 47.7 Å². The molecule has 1 unspecified atom stereocenters. The molecule has 0 saturated heterocycles. The summed E-state index contributed by atoms with van der Waals surface area (Å²) in [4.78, 5) is 12.0. The molecule has 0 aromatic heterocycles. The predicted molar refractivity (Wildman–Crippen MR) is 88.7 cm³/mol. The Balaban J connectivity index is 1.44. The Bertz CT molecular complexity index is 715. The van der Waals surface area contributed by atoms with Crippen LogP contribution in [-0.2, 0) is 11.2 Å². The highest BCUT2D eigenvalue weighted by Crippen LogP contribution is 2.32. The van der Waals surface area contributed by atoms with Crippen LogP contribution in [0.1, 0.15) is 30.4 Å². The third-order valence-corrected chi connectivity index (χ3v) is 4.10. The van der Waals surface area contributed by atoms with Crippen molar-refractivity contribution in [1.82, 2.24) is 5.32 Å². The van der Waals surface area contributed by atoms with E-state index in [0.29, 0.717) is 13.0 Å². The summed E-state index contributed by atoms with van der Waals surface area (Å²) in [5.41, 5.74) is 2.05. The van der Waals surface area contributed by atoms with Crippen molar-refractivity contribution in [1.29, 1.82) is 0 Å². The molecule has 0 fully saturated rings. The topological polar surface area (TPSA) is 47.6 Å². The van der Waals surface area contributed by atoms with E-state index in [9.17, 15) is 9.18 Å². The Morgan fingerprint density at radius 1 is 1.17 bits per heavy atom. The van der Waals surface area contributed by atoms with Crippen LogP contribution in [0.5, 0.6) is 11.5 Å². The fourth-order valence-electron chi connectivity index (χ4n) is 2.70. The van der Waals surface area contributed by atoms with Gasteiger partial charge in [0, 0.05) is 13.0 Å². The second kappa shape index (κ2) is 7.34. The van der Waals surface area contributed by atoms with Crippen LogP contribution in [0.25, 0.3) is 0 Å². The maximum Gasteiger partial charge on any atom is 0.231 e. The number of nitrogens with one attached hydrogen (secondary N) is 1. The Morgan fingerprint density at radius 3 is 2.71 bits per heavy atom. The third-order valence-electron chi connectivity index (χ3n) is 4.10. The van der Waals surface area contributed by atoms with Gasteiger partial charge in [0.1, 0.15) is 5.82 Å². The average molecular weight is 329 g/mol. The van der Waals surface area contributed by atoms with Gasteiger partial charge in [0.25, 0.3) is 0 Å². The van der Waals surface area contributed by atoms with E-state index in [1.54, 1.807) is 12.1 Å². The molecule has 1 N–H and O–H groups in total. The number of fused-ring (bicyclic) bond motifs is 1. The molecule has 3 rings (SSSR count). The van der Waals surface area contributed by atoms with Gasteiger partial charge in [-0.3, -0.25) is 4.79 Å². The van der Waals surface area contributed by atoms with Gasteiger partial charge in [0.05, 0.1) is 0 Å². The average Bonchev–Trinajstić information content (AvgIpc) is 3.03. The summed E-state index contributed by atoms with van der Waals surface area (Å²) in [7, 11) is 0. The zero-order valence-electron chi connectivity index (χ0n) is 13.5. The number of amides is 1. The van der Waals surface area contributed by atoms with Crippen molar-refractivity contribution in [2.45, 2.75) is 25.7 Å². The van der Waals surface area contributed by atoms with Crippen molar-refractivity contribution in [3.8, 4) is 11.5 Å². The van der Waals surface area contributed by atoms with E-state index >= 15 is 0 Å². The molecule has 126 valence electrons. The zero-order chi connectivity index (χ0) is 16.9. The fraction of sp³-hybridized carbons (Fsp3) is 0.316. The van der Waals surface area contributed by atoms with E-state index < -0.39 is 0 Å². The standard InChI is InChI=1S/C19H20FNO3/c1-13(15-3-5-16(20)6-4-15)10-19(22)21-9-8-14-2-7-17-18(11-14)24-12-23-17/h2-7,11,13H,8-10,12H2,1H3,(H,21,22). The van der Waals surface area contributed by atoms with Gasteiger partial charge in [-0.25, -0.2) is 4.39 Å². The lowest BCUT2D eigenvalue weighted by molar-refractivity contribution is -0.121. The summed E-state index contributed by atoms with van der Waals surface area (Å²) in [6, 6.07) is 12.1. The molecular weight excluding hydrogens is 309 g/mol. The largest absolute Gasteiger partial charge is 0.454 e. The monoisotopic (exact) mass is 329 g/mol. The molecule has 1 heterocycles. The van der Waals surface area contributed by atoms with Crippen LogP contribution in [0, 0.1) is 5.82 Å². The number of hydrogen-bond acceptors (Lipinski definition) is 3. The third kappa shape index (κ3) is 4.04.